The molecule has 0 saturated heterocycles. The quantitative estimate of drug-likeness (QED) is 0.820. The lowest BCUT2D eigenvalue weighted by molar-refractivity contribution is 0.288. The molecule has 0 spiro atoms. The standard InChI is InChI=1S/C15H14OS/c16-9-2-5-13-3-1-4-14(11-13)6-7-15-8-10-17-12-15/h1,3-4,8,10-12,16H,2,5,9H2. The summed E-state index contributed by atoms with van der Waals surface area (Å²) in [7, 11) is 0. The molecule has 17 heavy (non-hydrogen) atoms. The number of benzene rings is 1. The number of aliphatic hydroxyl groups excluding tert-OH is 1. The van der Waals surface area contributed by atoms with Gasteiger partial charge < -0.3 is 5.11 Å². The van der Waals surface area contributed by atoms with Crippen LogP contribution in [-0.4, -0.2) is 11.7 Å². The second-order valence-electron chi connectivity index (χ2n) is 3.79. The van der Waals surface area contributed by atoms with Gasteiger partial charge in [-0.1, -0.05) is 24.0 Å². The van der Waals surface area contributed by atoms with Crippen LogP contribution in [0.25, 0.3) is 0 Å². The van der Waals surface area contributed by atoms with Crippen molar-refractivity contribution in [3.05, 3.63) is 57.8 Å². The first-order valence-electron chi connectivity index (χ1n) is 5.62. The summed E-state index contributed by atoms with van der Waals surface area (Å²) in [5.41, 5.74) is 3.33. The molecule has 0 saturated carbocycles. The van der Waals surface area contributed by atoms with E-state index in [1.54, 1.807) is 11.3 Å². The Bertz CT molecular complexity index is 517. The number of rotatable bonds is 3. The maximum Gasteiger partial charge on any atom is 0.0434 e. The van der Waals surface area contributed by atoms with E-state index < -0.39 is 0 Å². The molecule has 0 aliphatic heterocycles. The molecule has 0 aliphatic carbocycles. The van der Waals surface area contributed by atoms with Crippen molar-refractivity contribution in [1.29, 1.82) is 0 Å². The van der Waals surface area contributed by atoms with Crippen LogP contribution in [-0.2, 0) is 6.42 Å². The van der Waals surface area contributed by atoms with Gasteiger partial charge in [0.05, 0.1) is 0 Å². The predicted octanol–water partition coefficient (Wildman–Crippen LogP) is 3.07. The smallest absolute Gasteiger partial charge is 0.0434 e. The number of thiophene rings is 1. The van der Waals surface area contributed by atoms with Crippen LogP contribution in [0.1, 0.15) is 23.1 Å². The van der Waals surface area contributed by atoms with Gasteiger partial charge >= 0.3 is 0 Å². The summed E-state index contributed by atoms with van der Waals surface area (Å²) >= 11 is 1.66. The van der Waals surface area contributed by atoms with E-state index in [1.165, 1.54) is 5.56 Å². The summed E-state index contributed by atoms with van der Waals surface area (Å²) in [5, 5.41) is 12.9. The van der Waals surface area contributed by atoms with E-state index in [0.717, 1.165) is 24.0 Å². The van der Waals surface area contributed by atoms with Crippen LogP contribution in [0.15, 0.2) is 41.1 Å². The average molecular weight is 242 g/mol. The summed E-state index contributed by atoms with van der Waals surface area (Å²) in [6, 6.07) is 10.2. The van der Waals surface area contributed by atoms with Gasteiger partial charge in [-0.25, -0.2) is 0 Å². The van der Waals surface area contributed by atoms with E-state index in [4.69, 9.17) is 5.11 Å². The van der Waals surface area contributed by atoms with Crippen molar-refractivity contribution in [2.45, 2.75) is 12.8 Å². The van der Waals surface area contributed by atoms with Crippen molar-refractivity contribution in [1.82, 2.24) is 0 Å². The molecular weight excluding hydrogens is 228 g/mol. The molecule has 1 heterocycles. The summed E-state index contributed by atoms with van der Waals surface area (Å²) in [6.45, 7) is 0.241. The molecule has 86 valence electrons. The topological polar surface area (TPSA) is 20.2 Å². The zero-order chi connectivity index (χ0) is 11.9. The van der Waals surface area contributed by atoms with Crippen molar-refractivity contribution >= 4 is 11.3 Å². The Kier molecular flexibility index (Phi) is 4.37. The van der Waals surface area contributed by atoms with Gasteiger partial charge in [-0.05, 0) is 42.0 Å². The van der Waals surface area contributed by atoms with Crippen molar-refractivity contribution in [3.63, 3.8) is 0 Å². The fourth-order valence-electron chi connectivity index (χ4n) is 1.57. The van der Waals surface area contributed by atoms with E-state index in [-0.39, 0.29) is 6.61 Å². The van der Waals surface area contributed by atoms with Crippen LogP contribution in [0.5, 0.6) is 0 Å². The molecule has 0 atom stereocenters. The van der Waals surface area contributed by atoms with E-state index in [9.17, 15) is 0 Å². The number of hydrogen-bond donors (Lipinski definition) is 1. The van der Waals surface area contributed by atoms with Crippen molar-refractivity contribution in [2.75, 3.05) is 6.61 Å². The van der Waals surface area contributed by atoms with Gasteiger partial charge in [0.15, 0.2) is 0 Å². The highest BCUT2D eigenvalue weighted by molar-refractivity contribution is 7.08. The van der Waals surface area contributed by atoms with Crippen LogP contribution in [0, 0.1) is 11.8 Å². The molecule has 1 N–H and O–H groups in total. The van der Waals surface area contributed by atoms with Crippen molar-refractivity contribution < 1.29 is 5.11 Å². The number of aryl methyl sites for hydroxylation is 1. The molecule has 0 unspecified atom stereocenters. The first kappa shape index (κ1) is 11.9. The van der Waals surface area contributed by atoms with Gasteiger partial charge in [0.2, 0.25) is 0 Å². The normalized spacial score (nSPS) is 9.71. The van der Waals surface area contributed by atoms with Crippen LogP contribution >= 0.6 is 11.3 Å². The van der Waals surface area contributed by atoms with Gasteiger partial charge in [0, 0.05) is 23.1 Å². The third-order valence-electron chi connectivity index (χ3n) is 2.42. The van der Waals surface area contributed by atoms with Gasteiger partial charge in [0.25, 0.3) is 0 Å². The van der Waals surface area contributed by atoms with Gasteiger partial charge in [-0.2, -0.15) is 11.3 Å². The third kappa shape index (κ3) is 3.74. The van der Waals surface area contributed by atoms with Gasteiger partial charge in [-0.3, -0.25) is 0 Å². The Morgan fingerprint density at radius 2 is 2.00 bits per heavy atom. The highest BCUT2D eigenvalue weighted by Gasteiger charge is 1.94. The molecule has 0 fully saturated rings. The molecule has 2 rings (SSSR count). The minimum Gasteiger partial charge on any atom is -0.396 e. The minimum atomic E-state index is 0.241. The Morgan fingerprint density at radius 3 is 2.76 bits per heavy atom. The van der Waals surface area contributed by atoms with Crippen molar-refractivity contribution in [2.24, 2.45) is 0 Å². The largest absolute Gasteiger partial charge is 0.396 e. The van der Waals surface area contributed by atoms with Crippen LogP contribution in [0.4, 0.5) is 0 Å². The second-order valence-corrected chi connectivity index (χ2v) is 4.57. The Balaban J connectivity index is 2.11. The molecule has 2 aromatic rings. The predicted molar refractivity (Wildman–Crippen MR) is 72.1 cm³/mol. The second kappa shape index (κ2) is 6.24. The van der Waals surface area contributed by atoms with Gasteiger partial charge in [-0.15, -0.1) is 0 Å². The zero-order valence-corrected chi connectivity index (χ0v) is 10.3. The van der Waals surface area contributed by atoms with E-state index in [1.807, 2.05) is 29.0 Å². The molecule has 0 bridgehead atoms. The zero-order valence-electron chi connectivity index (χ0n) is 9.52. The minimum absolute atomic E-state index is 0.241. The van der Waals surface area contributed by atoms with E-state index >= 15 is 0 Å². The summed E-state index contributed by atoms with van der Waals surface area (Å²) in [4.78, 5) is 0. The number of aliphatic hydroxyl groups is 1. The molecule has 1 aromatic carbocycles. The lowest BCUT2D eigenvalue weighted by Crippen LogP contribution is -1.89. The summed E-state index contributed by atoms with van der Waals surface area (Å²) in [5.74, 6) is 6.29. The molecule has 0 aliphatic rings. The van der Waals surface area contributed by atoms with Crippen LogP contribution < -0.4 is 0 Å². The Labute approximate surface area is 106 Å². The summed E-state index contributed by atoms with van der Waals surface area (Å²) < 4.78 is 0. The van der Waals surface area contributed by atoms with Crippen LogP contribution in [0.2, 0.25) is 0 Å². The van der Waals surface area contributed by atoms with Crippen molar-refractivity contribution in [3.8, 4) is 11.8 Å². The molecule has 1 nitrogen and oxygen atoms in total. The van der Waals surface area contributed by atoms with E-state index in [0.29, 0.717) is 0 Å². The monoisotopic (exact) mass is 242 g/mol. The first-order valence-corrected chi connectivity index (χ1v) is 6.57. The van der Waals surface area contributed by atoms with Gasteiger partial charge in [0.1, 0.15) is 0 Å². The third-order valence-corrected chi connectivity index (χ3v) is 3.11. The highest BCUT2D eigenvalue weighted by Crippen LogP contribution is 2.08. The lowest BCUT2D eigenvalue weighted by Gasteiger charge is -1.99. The van der Waals surface area contributed by atoms with Crippen LogP contribution in [0.3, 0.4) is 0 Å². The molecule has 2 heteroatoms. The maximum atomic E-state index is 8.80. The van der Waals surface area contributed by atoms with E-state index in [2.05, 4.69) is 24.0 Å². The average Bonchev–Trinajstić information content (AvgIpc) is 2.87. The maximum absolute atomic E-state index is 8.80. The highest BCUT2D eigenvalue weighted by atomic mass is 32.1. The summed E-state index contributed by atoms with van der Waals surface area (Å²) in [6.07, 6.45) is 1.71. The SMILES string of the molecule is OCCCc1cccc(C#Cc2ccsc2)c1. The molecule has 0 radical (unpaired) electrons. The first-order chi connectivity index (χ1) is 8.38. The Morgan fingerprint density at radius 1 is 1.12 bits per heavy atom. The molecule has 1 aromatic heterocycles. The molecule has 0 amide bonds. The molecular formula is C15H14OS. The number of hydrogen-bond acceptors (Lipinski definition) is 2. The fraction of sp³-hybridized carbons (Fsp3) is 0.200. The Hall–Kier alpha value is -1.56. The fourth-order valence-corrected chi connectivity index (χ4v) is 2.16. The lowest BCUT2D eigenvalue weighted by atomic mass is 10.1.